The quantitative estimate of drug-likeness (QED) is 0.0345. The number of benzene rings is 4. The van der Waals surface area contributed by atoms with Crippen LogP contribution in [-0.2, 0) is 18.8 Å². The molecule has 2 N–H and O–H groups in total. The molecule has 2 atom stereocenters. The summed E-state index contributed by atoms with van der Waals surface area (Å²) in [7, 11) is 0.515. The molecule has 104 heavy (non-hydrogen) atoms. The molecule has 2 aliphatic carbocycles. The third-order valence-corrected chi connectivity index (χ3v) is 1670. The molecule has 0 spiro atoms. The summed E-state index contributed by atoms with van der Waals surface area (Å²) in [5.74, 6) is 2.07. The summed E-state index contributed by atoms with van der Waals surface area (Å²) >= 11 is 66.4. The maximum Gasteiger partial charge on any atom is 1.00 e. The normalized spacial score (nSPS) is 16.9. The Morgan fingerprint density at radius 2 is 0.846 bits per heavy atom. The van der Waals surface area contributed by atoms with Gasteiger partial charge < -0.3 is 43.3 Å². The summed E-state index contributed by atoms with van der Waals surface area (Å²) < 4.78 is 20.6. The number of aryl methyl sites for hydroxylation is 2. The maximum absolute atomic E-state index is 12.2. The molecule has 44 heteroatoms. The number of nitrogens with zero attached hydrogens (tertiary/aromatic N) is 8. The summed E-state index contributed by atoms with van der Waals surface area (Å²) in [6, 6.07) is 23.4. The standard InChI is InChI=1S/C30H32Cl2N4O3.C29H30Cl2N4O3.CH4.I24.Li.H2O/c1-18(26-28(33-39-29(26)19-7-8-19)27-23(31)5-4-6-24(27)32)16-35-11-13-36(14-12-35)20-9-10-21-22(30(37)38-3)17-34(2)25(21)15-20;1-17(25-27(32-38-28(25)18-6-7-18)26-22(30)4-3-5-23(26)31)15-34-10-12-35(13-11-34)19-8-9-20-21(29(36)37)16-33(2)24(20)14-19;;1-14(2)16(5)18(7)20(9)22(11)24(13)23(12)21(10)19(8)17(6)15(3)4;;/h4-6,9-10,15,17-19H,7-8,11-14,16H2,1-3H3;3-5,8-9,14,16-18H,6-7,10-13,15H2,1-2H3,(H,36,37);1H4;;;1H2/q;;;;+1;/p-1. The first-order valence-corrected chi connectivity index (χ1v) is 176. The number of esters is 1. The van der Waals surface area contributed by atoms with Crippen molar-refractivity contribution in [3.05, 3.63) is 139 Å². The Morgan fingerprint density at radius 1 is 0.529 bits per heavy atom. The number of hydrogen-bond acceptors (Lipinski definition) is 12. The third-order valence-electron chi connectivity index (χ3n) is 16.7. The minimum Gasteiger partial charge on any atom is -0.870 e. The van der Waals surface area contributed by atoms with Gasteiger partial charge in [0.25, 0.3) is 0 Å². The second-order valence-electron chi connectivity index (χ2n) is 23.0. The second-order valence-corrected chi connectivity index (χ2v) is 561. The van der Waals surface area contributed by atoms with E-state index < -0.39 is 92.8 Å². The topological polar surface area (TPSA) is 168 Å². The van der Waals surface area contributed by atoms with Gasteiger partial charge in [-0.25, -0.2) is 9.59 Å². The zero-order valence-corrected chi connectivity index (χ0v) is 109. The molecular weight excluding hydrogens is 4140 g/mol. The van der Waals surface area contributed by atoms with Gasteiger partial charge in [0.05, 0.1) is 49.4 Å². The van der Waals surface area contributed by atoms with Crippen LogP contribution >= 0.6 is 375 Å². The van der Waals surface area contributed by atoms with Crippen molar-refractivity contribution >= 4 is 420 Å². The number of carbonyl (C=O) groups is 2. The SMILES string of the molecule is C.CC(CN1CCN(c2ccc3c(C(=O)O)cn(C)c3c2)CC1)c1c(-c2c(Cl)cccc2Cl)noc1C1CC1.COC(=O)c1cn(C)c2cc(N3CCN(CC(C)c4c(-c5c(Cl)cccc5Cl)noc4C4CC4)CC3)ccc12.II(I)I(I)I(I)I(I)I(I)I(I)I(I)I(I)I(I)I(I)I(I)I.[Li+].[OH-]. The van der Waals surface area contributed by atoms with Crippen LogP contribution in [0.5, 0.6) is 0 Å². The molecule has 0 bridgehead atoms. The van der Waals surface area contributed by atoms with Gasteiger partial charge in [0, 0.05) is 148 Å². The van der Waals surface area contributed by atoms with Gasteiger partial charge in [-0.3, -0.25) is 9.80 Å². The van der Waals surface area contributed by atoms with Gasteiger partial charge in [-0.05, 0) is 98.2 Å². The van der Waals surface area contributed by atoms with Crippen LogP contribution in [0.3, 0.4) is 0 Å². The molecule has 4 aliphatic rings. The van der Waals surface area contributed by atoms with Crippen LogP contribution < -0.4 is 28.7 Å². The molecule has 4 aromatic carbocycles. The molecule has 2 saturated carbocycles. The molecular formula is C60H67Cl4I24LiN8O7. The number of rotatable bonds is 24. The van der Waals surface area contributed by atoms with Crippen molar-refractivity contribution in [1.29, 1.82) is 0 Å². The van der Waals surface area contributed by atoms with Gasteiger partial charge in [0.1, 0.15) is 22.9 Å². The Balaban J connectivity index is 0.000000222. The Bertz CT molecular complexity index is 4140. The number of anilines is 2. The molecule has 4 fully saturated rings. The second kappa shape index (κ2) is 49.4. The van der Waals surface area contributed by atoms with Gasteiger partial charge in [-0.2, -0.15) is 0 Å². The minimum absolute atomic E-state index is 0. The van der Waals surface area contributed by atoms with Crippen molar-refractivity contribution in [3.8, 4) is 22.5 Å². The summed E-state index contributed by atoms with van der Waals surface area (Å²) in [5, 5.41) is 22.5. The van der Waals surface area contributed by atoms with Crippen LogP contribution in [0.2, 0.25) is 20.1 Å². The number of hydrogen-bond donors (Lipinski definition) is 1. The number of halogens is 28. The van der Waals surface area contributed by atoms with Gasteiger partial charge in [0.2, 0.25) is 0 Å². The van der Waals surface area contributed by atoms with Crippen LogP contribution in [0, 0.1) is 0 Å². The summed E-state index contributed by atoms with van der Waals surface area (Å²) in [4.78, 5) is 33.5. The van der Waals surface area contributed by atoms with Gasteiger partial charge >= 0.3 is 360 Å². The number of aromatic carboxylic acids is 1. The number of carboxylic acid groups (broad SMARTS) is 1. The fourth-order valence-electron chi connectivity index (χ4n) is 11.9. The zero-order valence-electron chi connectivity index (χ0n) is 54.4. The molecule has 2 saturated heterocycles. The molecule has 2 aliphatic heterocycles. The van der Waals surface area contributed by atoms with Crippen LogP contribution in [0.15, 0.2) is 94.2 Å². The zero-order chi connectivity index (χ0) is 73.2. The summed E-state index contributed by atoms with van der Waals surface area (Å²) in [6.07, 6.45) is 8.04. The molecule has 0 radical (unpaired) electrons. The molecule has 6 heterocycles. The largest absolute Gasteiger partial charge is 1.00 e. The number of methoxy groups -OCH3 is 1. The Hall–Kier alpha value is 12.1. The van der Waals surface area contributed by atoms with Crippen molar-refractivity contribution in [1.82, 2.24) is 29.2 Å². The van der Waals surface area contributed by atoms with Crippen LogP contribution in [0.4, 0.5) is 11.4 Å². The fourth-order valence-corrected chi connectivity index (χ4v) is 3780. The average molecular weight is 4210 g/mol. The average Bonchev–Trinajstić information content (AvgIpc) is 1.61. The number of piperazine rings is 2. The van der Waals surface area contributed by atoms with E-state index in [1.807, 2.05) is 84.0 Å². The minimum atomic E-state index is -0.899. The van der Waals surface area contributed by atoms with E-state index in [-0.39, 0.29) is 49.6 Å². The molecule has 4 aromatic heterocycles. The predicted octanol–water partition coefficient (Wildman–Crippen LogP) is 32.1. The monoisotopic (exact) mass is 4200 g/mol. The number of fused-ring (bicyclic) bond motifs is 2. The first kappa shape index (κ1) is 103. The van der Waals surface area contributed by atoms with Crippen LogP contribution in [0.1, 0.15) is 114 Å². The number of carbonyl (C=O) groups excluding carboxylic acids is 1. The maximum atomic E-state index is 12.2. The fraction of sp³-hybridized carbons (Fsp3) is 0.400. The Labute approximate surface area is 807 Å². The van der Waals surface area contributed by atoms with Gasteiger partial charge in [-0.1, -0.05) is 90.1 Å². The van der Waals surface area contributed by atoms with Crippen molar-refractivity contribution < 1.29 is 52.8 Å². The van der Waals surface area contributed by atoms with Crippen molar-refractivity contribution in [3.63, 3.8) is 0 Å². The Morgan fingerprint density at radius 3 is 1.15 bits per heavy atom. The molecule has 15 nitrogen and oxygen atoms in total. The number of carboxylic acids is 1. The van der Waals surface area contributed by atoms with Crippen molar-refractivity contribution in [2.75, 3.05) is 82.4 Å². The molecule has 586 valence electrons. The van der Waals surface area contributed by atoms with Gasteiger partial charge in [0.15, 0.2) is 0 Å². The van der Waals surface area contributed by atoms with Crippen LogP contribution in [-0.4, -0.2) is 124 Å². The van der Waals surface area contributed by atoms with Crippen molar-refractivity contribution in [2.24, 2.45) is 14.1 Å². The first-order valence-electron chi connectivity index (χ1n) is 29.8. The van der Waals surface area contributed by atoms with E-state index in [2.05, 4.69) is 304 Å². The van der Waals surface area contributed by atoms with Crippen LogP contribution in [0.25, 0.3) is 44.3 Å². The smallest absolute Gasteiger partial charge is 0.870 e. The van der Waals surface area contributed by atoms with Gasteiger partial charge in [-0.15, -0.1) is 0 Å². The molecule has 12 rings (SSSR count). The number of aromatic nitrogens is 4. The molecule has 2 unspecified atom stereocenters. The predicted molar refractivity (Wildman–Crippen MR) is 651 cm³/mol. The summed E-state index contributed by atoms with van der Waals surface area (Å²) in [6.45, 7) is 13.7. The van der Waals surface area contributed by atoms with E-state index in [0.29, 0.717) is 43.1 Å². The van der Waals surface area contributed by atoms with E-state index >= 15 is 0 Å². The van der Waals surface area contributed by atoms with E-state index in [9.17, 15) is 14.7 Å². The van der Waals surface area contributed by atoms with E-state index in [1.165, 1.54) is 12.8 Å². The summed E-state index contributed by atoms with van der Waals surface area (Å²) in [5.41, 5.74) is 10.5. The van der Waals surface area contributed by atoms with E-state index in [4.69, 9.17) is 60.2 Å². The number of ether oxygens (including phenoxy) is 1. The van der Waals surface area contributed by atoms with Crippen molar-refractivity contribution in [2.45, 2.75) is 70.6 Å². The first-order chi connectivity index (χ1) is 48.0. The molecule has 8 aromatic rings. The Kier molecular flexibility index (Phi) is 49.0. The third kappa shape index (κ3) is 27.1. The van der Waals surface area contributed by atoms with E-state index in [0.717, 1.165) is 164 Å². The molecule has 0 amide bonds. The van der Waals surface area contributed by atoms with E-state index in [1.54, 1.807) is 6.20 Å².